The van der Waals surface area contributed by atoms with Gasteiger partial charge in [-0.25, -0.2) is 0 Å². The summed E-state index contributed by atoms with van der Waals surface area (Å²) in [4.78, 5) is 15.1. The minimum atomic E-state index is -0.170. The Morgan fingerprint density at radius 2 is 1.85 bits per heavy atom. The first-order valence-electron chi connectivity index (χ1n) is 7.72. The molecule has 1 aromatic carbocycles. The Morgan fingerprint density at radius 1 is 1.20 bits per heavy atom. The summed E-state index contributed by atoms with van der Waals surface area (Å²) >= 11 is 0. The van der Waals surface area contributed by atoms with Crippen LogP contribution in [0.15, 0.2) is 30.3 Å². The molecule has 0 unspecified atom stereocenters. The van der Waals surface area contributed by atoms with E-state index in [-0.39, 0.29) is 5.41 Å². The van der Waals surface area contributed by atoms with Crippen molar-refractivity contribution in [2.24, 2.45) is 5.41 Å². The van der Waals surface area contributed by atoms with Crippen LogP contribution in [0.1, 0.15) is 38.2 Å². The van der Waals surface area contributed by atoms with Crippen LogP contribution in [-0.2, 0) is 4.79 Å². The molecule has 2 fully saturated rings. The summed E-state index contributed by atoms with van der Waals surface area (Å²) in [5.41, 5.74) is 1.16. The van der Waals surface area contributed by atoms with E-state index in [0.717, 1.165) is 32.5 Å². The fourth-order valence-electron chi connectivity index (χ4n) is 3.88. The number of nitrogens with zero attached hydrogens (tertiary/aromatic N) is 1. The average Bonchev–Trinajstić information content (AvgIpc) is 2.75. The molecule has 1 aromatic rings. The van der Waals surface area contributed by atoms with Gasteiger partial charge in [-0.3, -0.25) is 4.79 Å². The second kappa shape index (κ2) is 5.21. The molecule has 2 aliphatic rings. The van der Waals surface area contributed by atoms with Gasteiger partial charge < -0.3 is 10.2 Å². The molecular formula is C17H24N2O. The number of piperidine rings is 1. The Labute approximate surface area is 121 Å². The van der Waals surface area contributed by atoms with Crippen molar-refractivity contribution in [2.75, 3.05) is 19.6 Å². The standard InChI is InChI=1S/C17H24N2O/c1-13(2)19-12-15(14-6-4-3-5-7-14)17(16(19)20)8-10-18-11-9-17/h3-7,13,15,18H,8-12H2,1-2H3/t15-/m0/s1. The lowest BCUT2D eigenvalue weighted by Gasteiger charge is -2.37. The largest absolute Gasteiger partial charge is 0.339 e. The SMILES string of the molecule is CC(C)N1C[C@@H](c2ccccc2)C2(CCNCC2)C1=O. The lowest BCUT2D eigenvalue weighted by molar-refractivity contribution is -0.139. The molecule has 2 saturated heterocycles. The van der Waals surface area contributed by atoms with Crippen molar-refractivity contribution < 1.29 is 4.79 Å². The molecule has 0 radical (unpaired) electrons. The normalized spacial score (nSPS) is 25.6. The molecule has 0 saturated carbocycles. The minimum absolute atomic E-state index is 0.170. The Hall–Kier alpha value is -1.35. The van der Waals surface area contributed by atoms with Gasteiger partial charge in [-0.1, -0.05) is 30.3 Å². The van der Waals surface area contributed by atoms with E-state index in [9.17, 15) is 4.79 Å². The van der Waals surface area contributed by atoms with Crippen molar-refractivity contribution in [3.05, 3.63) is 35.9 Å². The van der Waals surface area contributed by atoms with Gasteiger partial charge >= 0.3 is 0 Å². The van der Waals surface area contributed by atoms with Crippen LogP contribution in [0.4, 0.5) is 0 Å². The highest BCUT2D eigenvalue weighted by molar-refractivity contribution is 5.87. The average molecular weight is 272 g/mol. The van der Waals surface area contributed by atoms with Crippen molar-refractivity contribution >= 4 is 5.91 Å². The molecule has 1 amide bonds. The van der Waals surface area contributed by atoms with Gasteiger partial charge in [-0.2, -0.15) is 0 Å². The molecular weight excluding hydrogens is 248 g/mol. The molecule has 0 aliphatic carbocycles. The molecule has 2 heterocycles. The predicted octanol–water partition coefficient (Wildman–Crippen LogP) is 2.39. The molecule has 1 N–H and O–H groups in total. The number of rotatable bonds is 2. The van der Waals surface area contributed by atoms with E-state index in [0.29, 0.717) is 17.9 Å². The van der Waals surface area contributed by atoms with E-state index >= 15 is 0 Å². The zero-order valence-electron chi connectivity index (χ0n) is 12.4. The smallest absolute Gasteiger partial charge is 0.229 e. The number of hydrogen-bond acceptors (Lipinski definition) is 2. The van der Waals surface area contributed by atoms with E-state index in [1.54, 1.807) is 0 Å². The van der Waals surface area contributed by atoms with Crippen LogP contribution in [0.25, 0.3) is 0 Å². The van der Waals surface area contributed by atoms with Crippen LogP contribution >= 0.6 is 0 Å². The van der Waals surface area contributed by atoms with Crippen molar-refractivity contribution in [3.63, 3.8) is 0 Å². The fourth-order valence-corrected chi connectivity index (χ4v) is 3.88. The van der Waals surface area contributed by atoms with E-state index in [1.165, 1.54) is 5.56 Å². The fraction of sp³-hybridized carbons (Fsp3) is 0.588. The van der Waals surface area contributed by atoms with Gasteiger partial charge in [0, 0.05) is 18.5 Å². The van der Waals surface area contributed by atoms with Crippen LogP contribution < -0.4 is 5.32 Å². The molecule has 1 spiro atoms. The van der Waals surface area contributed by atoms with Gasteiger partial charge in [-0.15, -0.1) is 0 Å². The molecule has 1 atom stereocenters. The monoisotopic (exact) mass is 272 g/mol. The van der Waals surface area contributed by atoms with Crippen LogP contribution in [0, 0.1) is 5.41 Å². The summed E-state index contributed by atoms with van der Waals surface area (Å²) in [6.45, 7) is 7.04. The summed E-state index contributed by atoms with van der Waals surface area (Å²) in [6, 6.07) is 10.9. The summed E-state index contributed by atoms with van der Waals surface area (Å²) in [6.07, 6.45) is 1.93. The zero-order chi connectivity index (χ0) is 14.2. The van der Waals surface area contributed by atoms with Gasteiger partial charge in [-0.05, 0) is 45.3 Å². The number of benzene rings is 1. The van der Waals surface area contributed by atoms with Gasteiger partial charge in [0.15, 0.2) is 0 Å². The van der Waals surface area contributed by atoms with Crippen LogP contribution in [0.3, 0.4) is 0 Å². The van der Waals surface area contributed by atoms with Gasteiger partial charge in [0.2, 0.25) is 5.91 Å². The highest BCUT2D eigenvalue weighted by atomic mass is 16.2. The van der Waals surface area contributed by atoms with Crippen molar-refractivity contribution in [3.8, 4) is 0 Å². The third-order valence-corrected chi connectivity index (χ3v) is 5.05. The maximum Gasteiger partial charge on any atom is 0.229 e. The molecule has 3 heteroatoms. The predicted molar refractivity (Wildman–Crippen MR) is 80.6 cm³/mol. The molecule has 0 aromatic heterocycles. The maximum absolute atomic E-state index is 13.0. The van der Waals surface area contributed by atoms with E-state index in [2.05, 4.69) is 54.4 Å². The molecule has 108 valence electrons. The number of carbonyl (C=O) groups excluding carboxylic acids is 1. The van der Waals surface area contributed by atoms with Crippen molar-refractivity contribution in [1.82, 2.24) is 10.2 Å². The zero-order valence-corrected chi connectivity index (χ0v) is 12.4. The summed E-state index contributed by atoms with van der Waals surface area (Å²) in [5.74, 6) is 0.726. The van der Waals surface area contributed by atoms with E-state index in [1.807, 2.05) is 0 Å². The molecule has 3 rings (SSSR count). The summed E-state index contributed by atoms with van der Waals surface area (Å²) in [5, 5.41) is 3.40. The van der Waals surface area contributed by atoms with Crippen LogP contribution in [0.5, 0.6) is 0 Å². The maximum atomic E-state index is 13.0. The van der Waals surface area contributed by atoms with Crippen molar-refractivity contribution in [2.45, 2.75) is 38.6 Å². The van der Waals surface area contributed by atoms with Crippen LogP contribution in [-0.4, -0.2) is 36.5 Å². The first-order valence-corrected chi connectivity index (χ1v) is 7.72. The lowest BCUT2D eigenvalue weighted by atomic mass is 9.68. The quantitative estimate of drug-likeness (QED) is 0.896. The molecule has 3 nitrogen and oxygen atoms in total. The van der Waals surface area contributed by atoms with Gasteiger partial charge in [0.25, 0.3) is 0 Å². The Kier molecular flexibility index (Phi) is 3.55. The van der Waals surface area contributed by atoms with Gasteiger partial charge in [0.05, 0.1) is 5.41 Å². The first-order chi connectivity index (χ1) is 9.65. The number of likely N-dealkylation sites (tertiary alicyclic amines) is 1. The topological polar surface area (TPSA) is 32.3 Å². The number of hydrogen-bond donors (Lipinski definition) is 1. The number of carbonyl (C=O) groups is 1. The number of nitrogens with one attached hydrogen (secondary N) is 1. The molecule has 20 heavy (non-hydrogen) atoms. The highest BCUT2D eigenvalue weighted by Gasteiger charge is 2.54. The second-order valence-electron chi connectivity index (χ2n) is 6.42. The van der Waals surface area contributed by atoms with E-state index in [4.69, 9.17) is 0 Å². The third kappa shape index (κ3) is 2.05. The Balaban J connectivity index is 2.00. The third-order valence-electron chi connectivity index (χ3n) is 5.05. The highest BCUT2D eigenvalue weighted by Crippen LogP contribution is 2.50. The summed E-state index contributed by atoms with van der Waals surface area (Å²) < 4.78 is 0. The van der Waals surface area contributed by atoms with Gasteiger partial charge in [0.1, 0.15) is 0 Å². The lowest BCUT2D eigenvalue weighted by Crippen LogP contribution is -2.45. The summed E-state index contributed by atoms with van der Waals surface area (Å²) in [7, 11) is 0. The second-order valence-corrected chi connectivity index (χ2v) is 6.42. The molecule has 2 aliphatic heterocycles. The van der Waals surface area contributed by atoms with Crippen LogP contribution in [0.2, 0.25) is 0 Å². The number of amides is 1. The first kappa shape index (κ1) is 13.6. The van der Waals surface area contributed by atoms with E-state index < -0.39 is 0 Å². The molecule has 0 bridgehead atoms. The Morgan fingerprint density at radius 3 is 2.45 bits per heavy atom. The minimum Gasteiger partial charge on any atom is -0.339 e. The van der Waals surface area contributed by atoms with Crippen molar-refractivity contribution in [1.29, 1.82) is 0 Å². The Bertz CT molecular complexity index is 477.